The molecule has 1 fully saturated rings. The second-order valence-electron chi connectivity index (χ2n) is 2.95. The van der Waals surface area contributed by atoms with E-state index in [4.69, 9.17) is 0 Å². The minimum atomic E-state index is -3.76. The van der Waals surface area contributed by atoms with Crippen molar-refractivity contribution >= 4 is 17.5 Å². The summed E-state index contributed by atoms with van der Waals surface area (Å²) >= 11 is 4.52. The van der Waals surface area contributed by atoms with Gasteiger partial charge in [-0.3, -0.25) is 4.79 Å². The number of rotatable bonds is 2. The summed E-state index contributed by atoms with van der Waals surface area (Å²) < 4.78 is 24.2. The maximum atomic E-state index is 12.1. The van der Waals surface area contributed by atoms with Gasteiger partial charge in [-0.25, -0.2) is 0 Å². The summed E-state index contributed by atoms with van der Waals surface area (Å²) in [5.41, 5.74) is 0. The Bertz CT molecular complexity index is 175. The van der Waals surface area contributed by atoms with Crippen LogP contribution in [0.15, 0.2) is 0 Å². The number of carbonyl (C=O) groups is 1. The molecule has 1 N–H and O–H groups in total. The molecule has 2 nitrogen and oxygen atoms in total. The maximum absolute atomic E-state index is 12.1. The lowest BCUT2D eigenvalue weighted by Gasteiger charge is -2.13. The Hall–Kier alpha value is -0.380. The molecule has 0 unspecified atom stereocenters. The van der Waals surface area contributed by atoms with Crippen LogP contribution in [0.1, 0.15) is 25.7 Å². The molecule has 1 amide bonds. The topological polar surface area (TPSA) is 29.1 Å². The quantitative estimate of drug-likeness (QED) is 0.673. The van der Waals surface area contributed by atoms with Crippen LogP contribution in [-0.4, -0.2) is 17.3 Å². The summed E-state index contributed by atoms with van der Waals surface area (Å²) in [6.45, 7) is 0. The Morgan fingerprint density at radius 2 is 1.92 bits per heavy atom. The molecule has 0 spiro atoms. The van der Waals surface area contributed by atoms with E-state index in [0.717, 1.165) is 25.7 Å². The van der Waals surface area contributed by atoms with E-state index < -0.39 is 11.3 Å². The lowest BCUT2D eigenvalue weighted by molar-refractivity contribution is -0.136. The van der Waals surface area contributed by atoms with Gasteiger partial charge in [-0.05, 0) is 24.4 Å². The molecule has 1 rings (SSSR count). The Kier molecular flexibility index (Phi) is 2.88. The molecule has 5 heteroatoms. The van der Waals surface area contributed by atoms with Crippen molar-refractivity contribution in [3.8, 4) is 0 Å². The van der Waals surface area contributed by atoms with Gasteiger partial charge in [0.05, 0.1) is 0 Å². The summed E-state index contributed by atoms with van der Waals surface area (Å²) in [4.78, 5) is 10.6. The molecule has 12 heavy (non-hydrogen) atoms. The zero-order valence-electron chi connectivity index (χ0n) is 6.45. The van der Waals surface area contributed by atoms with Gasteiger partial charge < -0.3 is 5.32 Å². The van der Waals surface area contributed by atoms with Crippen LogP contribution in [0.2, 0.25) is 0 Å². The number of hydrogen-bond donors (Lipinski definition) is 1. The Morgan fingerprint density at radius 3 is 2.33 bits per heavy atom. The molecule has 0 saturated heterocycles. The fraction of sp³-hybridized carbons (Fsp3) is 0.857. The highest BCUT2D eigenvalue weighted by Crippen LogP contribution is 2.22. The lowest BCUT2D eigenvalue weighted by atomic mass is 10.2. The first-order valence-electron chi connectivity index (χ1n) is 3.88. The smallest absolute Gasteiger partial charge is 0.347 e. The molecule has 0 bridgehead atoms. The molecule has 0 aliphatic heterocycles. The number of amides is 1. The van der Waals surface area contributed by atoms with Gasteiger partial charge in [0.25, 0.3) is 0 Å². The van der Waals surface area contributed by atoms with Crippen LogP contribution in [0.3, 0.4) is 0 Å². The number of nitrogens with one attached hydrogen (secondary N) is 1. The SMILES string of the molecule is O=C(NC1CCCC1)C(F)(F)Cl. The van der Waals surface area contributed by atoms with Crippen molar-refractivity contribution < 1.29 is 13.6 Å². The number of carbonyl (C=O) groups excluding carboxylic acids is 1. The number of hydrogen-bond acceptors (Lipinski definition) is 1. The van der Waals surface area contributed by atoms with E-state index in [1.807, 2.05) is 0 Å². The van der Waals surface area contributed by atoms with Crippen molar-refractivity contribution in [2.75, 3.05) is 0 Å². The van der Waals surface area contributed by atoms with Gasteiger partial charge in [0.1, 0.15) is 0 Å². The van der Waals surface area contributed by atoms with Crippen LogP contribution in [0.5, 0.6) is 0 Å². The molecular formula is C7H10ClF2NO. The predicted molar refractivity (Wildman–Crippen MR) is 41.2 cm³/mol. The highest BCUT2D eigenvalue weighted by atomic mass is 35.5. The lowest BCUT2D eigenvalue weighted by Crippen LogP contribution is -2.41. The Balaban J connectivity index is 2.35. The second-order valence-corrected chi connectivity index (χ2v) is 3.43. The Labute approximate surface area is 74.3 Å². The van der Waals surface area contributed by atoms with Crippen LogP contribution in [0.25, 0.3) is 0 Å². The summed E-state index contributed by atoms with van der Waals surface area (Å²) in [6, 6.07) is -0.109. The summed E-state index contributed by atoms with van der Waals surface area (Å²) in [6.07, 6.45) is 3.52. The van der Waals surface area contributed by atoms with Crippen molar-refractivity contribution in [1.82, 2.24) is 5.32 Å². The molecule has 0 radical (unpaired) electrons. The average molecular weight is 198 g/mol. The van der Waals surface area contributed by atoms with E-state index in [9.17, 15) is 13.6 Å². The second kappa shape index (κ2) is 3.56. The summed E-state index contributed by atoms with van der Waals surface area (Å²) in [5, 5.41) is -1.56. The zero-order chi connectivity index (χ0) is 9.19. The molecule has 0 aromatic heterocycles. The first kappa shape index (κ1) is 9.71. The molecule has 1 aliphatic carbocycles. The van der Waals surface area contributed by atoms with E-state index >= 15 is 0 Å². The van der Waals surface area contributed by atoms with Crippen molar-refractivity contribution in [2.24, 2.45) is 0 Å². The Morgan fingerprint density at radius 1 is 1.42 bits per heavy atom. The minimum absolute atomic E-state index is 0.109. The van der Waals surface area contributed by atoms with Crippen LogP contribution >= 0.6 is 11.6 Å². The van der Waals surface area contributed by atoms with Crippen molar-refractivity contribution in [2.45, 2.75) is 37.1 Å². The maximum Gasteiger partial charge on any atom is 0.399 e. The molecule has 0 aromatic rings. The third-order valence-electron chi connectivity index (χ3n) is 1.95. The normalized spacial score (nSPS) is 19.6. The molecule has 1 saturated carbocycles. The van der Waals surface area contributed by atoms with Gasteiger partial charge >= 0.3 is 11.3 Å². The first-order chi connectivity index (χ1) is 5.50. The fourth-order valence-electron chi connectivity index (χ4n) is 1.34. The van der Waals surface area contributed by atoms with Crippen molar-refractivity contribution in [1.29, 1.82) is 0 Å². The third-order valence-corrected chi connectivity index (χ3v) is 2.12. The minimum Gasteiger partial charge on any atom is -0.347 e. The van der Waals surface area contributed by atoms with E-state index in [1.54, 1.807) is 0 Å². The van der Waals surface area contributed by atoms with Crippen LogP contribution in [0, 0.1) is 0 Å². The van der Waals surface area contributed by atoms with Gasteiger partial charge in [0, 0.05) is 6.04 Å². The summed E-state index contributed by atoms with van der Waals surface area (Å²) in [5.74, 6) is -1.38. The molecule has 0 atom stereocenters. The molecule has 1 aliphatic rings. The number of halogens is 3. The standard InChI is InChI=1S/C7H10ClF2NO/c8-7(9,10)6(12)11-5-3-1-2-4-5/h5H,1-4H2,(H,11,12). The monoisotopic (exact) mass is 197 g/mol. The van der Waals surface area contributed by atoms with Gasteiger partial charge in [0.2, 0.25) is 0 Å². The average Bonchev–Trinajstić information content (AvgIpc) is 2.37. The van der Waals surface area contributed by atoms with Gasteiger partial charge in [-0.2, -0.15) is 8.78 Å². The van der Waals surface area contributed by atoms with Gasteiger partial charge in [-0.1, -0.05) is 12.8 Å². The van der Waals surface area contributed by atoms with Gasteiger partial charge in [0.15, 0.2) is 0 Å². The molecule has 0 aromatic carbocycles. The summed E-state index contributed by atoms with van der Waals surface area (Å²) in [7, 11) is 0. The highest BCUT2D eigenvalue weighted by Gasteiger charge is 2.37. The first-order valence-corrected chi connectivity index (χ1v) is 4.25. The predicted octanol–water partition coefficient (Wildman–Crippen LogP) is 1.88. The molecule has 0 heterocycles. The largest absolute Gasteiger partial charge is 0.399 e. The van der Waals surface area contributed by atoms with E-state index in [0.29, 0.717) is 0 Å². The van der Waals surface area contributed by atoms with Crippen LogP contribution in [0.4, 0.5) is 8.78 Å². The fourth-order valence-corrected chi connectivity index (χ4v) is 1.39. The van der Waals surface area contributed by atoms with Crippen LogP contribution in [-0.2, 0) is 4.79 Å². The van der Waals surface area contributed by atoms with E-state index in [2.05, 4.69) is 16.9 Å². The highest BCUT2D eigenvalue weighted by molar-refractivity contribution is 6.32. The molecule has 70 valence electrons. The molecular weight excluding hydrogens is 188 g/mol. The van der Waals surface area contributed by atoms with E-state index in [1.165, 1.54) is 0 Å². The number of alkyl halides is 3. The van der Waals surface area contributed by atoms with Crippen molar-refractivity contribution in [3.05, 3.63) is 0 Å². The van der Waals surface area contributed by atoms with Crippen molar-refractivity contribution in [3.63, 3.8) is 0 Å². The van der Waals surface area contributed by atoms with E-state index in [-0.39, 0.29) is 6.04 Å². The van der Waals surface area contributed by atoms with Gasteiger partial charge in [-0.15, -0.1) is 0 Å². The van der Waals surface area contributed by atoms with Crippen LogP contribution < -0.4 is 5.32 Å². The third kappa shape index (κ3) is 2.59. The zero-order valence-corrected chi connectivity index (χ0v) is 7.20.